The van der Waals surface area contributed by atoms with E-state index in [0.717, 1.165) is 33.6 Å². The van der Waals surface area contributed by atoms with Gasteiger partial charge in [-0.3, -0.25) is 9.89 Å². The van der Waals surface area contributed by atoms with Gasteiger partial charge in [-0.25, -0.2) is 4.68 Å². The largest absolute Gasteiger partial charge is 0.290 e. The van der Waals surface area contributed by atoms with Crippen molar-refractivity contribution in [3.05, 3.63) is 99.8 Å². The highest BCUT2D eigenvalue weighted by Crippen LogP contribution is 2.30. The molecular weight excluding hydrogens is 332 g/mol. The standard InChI is InChI=1S/C24H22N2O/c1-16-13-14-20(15-18(16)3)26-24(27)22(19-10-5-4-6-11-19)23(25-26)21-12-8-7-9-17(21)2/h4-15,25H,1-3H3. The predicted molar refractivity (Wildman–Crippen MR) is 111 cm³/mol. The van der Waals surface area contributed by atoms with E-state index in [9.17, 15) is 4.79 Å². The van der Waals surface area contributed by atoms with E-state index in [1.54, 1.807) is 4.68 Å². The summed E-state index contributed by atoms with van der Waals surface area (Å²) < 4.78 is 1.65. The molecule has 1 heterocycles. The normalized spacial score (nSPS) is 10.9. The first kappa shape index (κ1) is 17.1. The van der Waals surface area contributed by atoms with Gasteiger partial charge in [-0.2, -0.15) is 0 Å². The Labute approximate surface area is 158 Å². The van der Waals surface area contributed by atoms with Crippen molar-refractivity contribution in [3.8, 4) is 28.1 Å². The lowest BCUT2D eigenvalue weighted by Gasteiger charge is -2.07. The number of benzene rings is 3. The van der Waals surface area contributed by atoms with Crippen molar-refractivity contribution in [3.63, 3.8) is 0 Å². The van der Waals surface area contributed by atoms with Gasteiger partial charge in [0.1, 0.15) is 0 Å². The maximum absolute atomic E-state index is 13.4. The molecule has 0 aliphatic rings. The zero-order valence-corrected chi connectivity index (χ0v) is 15.8. The molecular formula is C24H22N2O. The van der Waals surface area contributed by atoms with Gasteiger partial charge in [-0.1, -0.05) is 60.7 Å². The zero-order chi connectivity index (χ0) is 19.0. The number of rotatable bonds is 3. The van der Waals surface area contributed by atoms with Gasteiger partial charge in [-0.05, 0) is 55.2 Å². The van der Waals surface area contributed by atoms with Crippen molar-refractivity contribution in [2.24, 2.45) is 0 Å². The van der Waals surface area contributed by atoms with Crippen LogP contribution in [0.15, 0.2) is 77.6 Å². The van der Waals surface area contributed by atoms with E-state index in [0.29, 0.717) is 5.56 Å². The molecule has 1 N–H and O–H groups in total. The molecule has 0 saturated heterocycles. The topological polar surface area (TPSA) is 37.8 Å². The number of nitrogens with zero attached hydrogens (tertiary/aromatic N) is 1. The highest BCUT2D eigenvalue weighted by atomic mass is 16.1. The fourth-order valence-electron chi connectivity index (χ4n) is 3.40. The molecule has 0 aliphatic carbocycles. The Balaban J connectivity index is 2.02. The lowest BCUT2D eigenvalue weighted by molar-refractivity contribution is 0.850. The maximum Gasteiger partial charge on any atom is 0.279 e. The van der Waals surface area contributed by atoms with Crippen LogP contribution < -0.4 is 5.56 Å². The molecule has 3 nitrogen and oxygen atoms in total. The minimum absolute atomic E-state index is 0.0392. The van der Waals surface area contributed by atoms with E-state index < -0.39 is 0 Å². The molecule has 0 bridgehead atoms. The van der Waals surface area contributed by atoms with Crippen LogP contribution in [0.25, 0.3) is 28.1 Å². The monoisotopic (exact) mass is 354 g/mol. The molecule has 0 unspecified atom stereocenters. The van der Waals surface area contributed by atoms with Crippen molar-refractivity contribution in [2.45, 2.75) is 20.8 Å². The summed E-state index contributed by atoms with van der Waals surface area (Å²) in [4.78, 5) is 13.4. The Morgan fingerprint density at radius 3 is 2.15 bits per heavy atom. The van der Waals surface area contributed by atoms with Gasteiger partial charge in [0.05, 0.1) is 16.9 Å². The number of aryl methyl sites for hydroxylation is 3. The van der Waals surface area contributed by atoms with Crippen molar-refractivity contribution in [1.82, 2.24) is 9.78 Å². The molecule has 134 valence electrons. The van der Waals surface area contributed by atoms with Crippen LogP contribution in [0.5, 0.6) is 0 Å². The Morgan fingerprint density at radius 2 is 1.44 bits per heavy atom. The highest BCUT2D eigenvalue weighted by molar-refractivity contribution is 5.82. The molecule has 0 aliphatic heterocycles. The maximum atomic E-state index is 13.4. The van der Waals surface area contributed by atoms with Crippen LogP contribution in [0.1, 0.15) is 16.7 Å². The number of hydrogen-bond donors (Lipinski definition) is 1. The third-order valence-electron chi connectivity index (χ3n) is 5.12. The molecule has 27 heavy (non-hydrogen) atoms. The number of H-pyrrole nitrogens is 1. The molecule has 3 aromatic carbocycles. The molecule has 0 spiro atoms. The molecule has 0 atom stereocenters. The highest BCUT2D eigenvalue weighted by Gasteiger charge is 2.19. The van der Waals surface area contributed by atoms with Crippen LogP contribution in [-0.4, -0.2) is 9.78 Å². The SMILES string of the molecule is Cc1ccc(-n2[nH]c(-c3ccccc3C)c(-c3ccccc3)c2=O)cc1C. The van der Waals surface area contributed by atoms with E-state index in [4.69, 9.17) is 0 Å². The summed E-state index contributed by atoms with van der Waals surface area (Å²) >= 11 is 0. The predicted octanol–water partition coefficient (Wildman–Crippen LogP) is 5.42. The quantitative estimate of drug-likeness (QED) is 0.524. The third kappa shape index (κ3) is 3.02. The summed E-state index contributed by atoms with van der Waals surface area (Å²) in [5, 5.41) is 3.37. The summed E-state index contributed by atoms with van der Waals surface area (Å²) in [6.45, 7) is 6.20. The lowest BCUT2D eigenvalue weighted by atomic mass is 9.99. The van der Waals surface area contributed by atoms with E-state index >= 15 is 0 Å². The van der Waals surface area contributed by atoms with Crippen molar-refractivity contribution >= 4 is 0 Å². The van der Waals surface area contributed by atoms with E-state index in [1.807, 2.05) is 60.7 Å². The van der Waals surface area contributed by atoms with Gasteiger partial charge in [0, 0.05) is 5.56 Å². The van der Waals surface area contributed by atoms with Gasteiger partial charge in [0.15, 0.2) is 0 Å². The number of hydrogen-bond acceptors (Lipinski definition) is 1. The van der Waals surface area contributed by atoms with Gasteiger partial charge >= 0.3 is 0 Å². The molecule has 0 fully saturated rings. The van der Waals surface area contributed by atoms with Crippen LogP contribution in [0, 0.1) is 20.8 Å². The van der Waals surface area contributed by atoms with Crippen LogP contribution in [0.4, 0.5) is 0 Å². The van der Waals surface area contributed by atoms with E-state index in [1.165, 1.54) is 5.56 Å². The first-order valence-corrected chi connectivity index (χ1v) is 9.10. The third-order valence-corrected chi connectivity index (χ3v) is 5.12. The average Bonchev–Trinajstić information content (AvgIpc) is 3.02. The summed E-state index contributed by atoms with van der Waals surface area (Å²) in [7, 11) is 0. The fourth-order valence-corrected chi connectivity index (χ4v) is 3.40. The number of aromatic amines is 1. The number of nitrogens with one attached hydrogen (secondary N) is 1. The van der Waals surface area contributed by atoms with Gasteiger partial charge in [0.25, 0.3) is 5.56 Å². The Hall–Kier alpha value is -3.33. The lowest BCUT2D eigenvalue weighted by Crippen LogP contribution is -2.15. The summed E-state index contributed by atoms with van der Waals surface area (Å²) in [5.41, 5.74) is 7.81. The van der Waals surface area contributed by atoms with Crippen molar-refractivity contribution < 1.29 is 0 Å². The van der Waals surface area contributed by atoms with Crippen molar-refractivity contribution in [2.75, 3.05) is 0 Å². The molecule has 0 radical (unpaired) electrons. The Morgan fingerprint density at radius 1 is 0.741 bits per heavy atom. The summed E-state index contributed by atoms with van der Waals surface area (Å²) in [6.07, 6.45) is 0. The zero-order valence-electron chi connectivity index (χ0n) is 15.8. The molecule has 0 saturated carbocycles. The minimum Gasteiger partial charge on any atom is -0.290 e. The summed E-state index contributed by atoms with van der Waals surface area (Å²) in [6, 6.07) is 24.1. The van der Waals surface area contributed by atoms with Crippen LogP contribution in [0.2, 0.25) is 0 Å². The van der Waals surface area contributed by atoms with Crippen LogP contribution in [-0.2, 0) is 0 Å². The smallest absolute Gasteiger partial charge is 0.279 e. The molecule has 1 aromatic heterocycles. The molecule has 3 heteroatoms. The van der Waals surface area contributed by atoms with Crippen LogP contribution in [0.3, 0.4) is 0 Å². The first-order chi connectivity index (χ1) is 13.1. The van der Waals surface area contributed by atoms with Gasteiger partial charge < -0.3 is 0 Å². The van der Waals surface area contributed by atoms with Gasteiger partial charge in [-0.15, -0.1) is 0 Å². The minimum atomic E-state index is -0.0392. The van der Waals surface area contributed by atoms with Crippen molar-refractivity contribution in [1.29, 1.82) is 0 Å². The van der Waals surface area contributed by atoms with Gasteiger partial charge in [0.2, 0.25) is 0 Å². The average molecular weight is 354 g/mol. The number of aromatic nitrogens is 2. The summed E-state index contributed by atoms with van der Waals surface area (Å²) in [5.74, 6) is 0. The second kappa shape index (κ2) is 6.76. The van der Waals surface area contributed by atoms with Crippen LogP contribution >= 0.6 is 0 Å². The van der Waals surface area contributed by atoms with E-state index in [-0.39, 0.29) is 5.56 Å². The molecule has 4 aromatic rings. The fraction of sp³-hybridized carbons (Fsp3) is 0.125. The Bertz CT molecular complexity index is 1170. The van der Waals surface area contributed by atoms with E-state index in [2.05, 4.69) is 38.0 Å². The Kier molecular flexibility index (Phi) is 4.28. The molecule has 0 amide bonds. The second-order valence-corrected chi connectivity index (χ2v) is 6.95. The molecule has 4 rings (SSSR count). The first-order valence-electron chi connectivity index (χ1n) is 9.10. The second-order valence-electron chi connectivity index (χ2n) is 6.95.